The number of carbonyl (C=O) groups excluding carboxylic acids is 1. The fourth-order valence-corrected chi connectivity index (χ4v) is 2.34. The molecule has 0 spiro atoms. The van der Waals surface area contributed by atoms with Gasteiger partial charge in [-0.25, -0.2) is 4.79 Å². The fraction of sp³-hybridized carbons (Fsp3) is 0.188. The quantitative estimate of drug-likeness (QED) is 0.738. The lowest BCUT2D eigenvalue weighted by molar-refractivity contribution is 0.251. The van der Waals surface area contributed by atoms with Gasteiger partial charge in [0.2, 0.25) is 0 Å². The second-order valence-corrected chi connectivity index (χ2v) is 5.71. The standard InChI is InChI=1S/C16H17IN2O3/c1-21-14-5-3-4-11(15(14)22-2)10-18-16(20)19-13-8-6-12(17)7-9-13/h3-9H,10H2,1-2H3,(H2,18,19,20). The molecular weight excluding hydrogens is 395 g/mol. The predicted octanol–water partition coefficient (Wildman–Crippen LogP) is 3.63. The Hall–Kier alpha value is -1.96. The molecule has 6 heteroatoms. The first kappa shape index (κ1) is 16.4. The molecule has 0 atom stereocenters. The van der Waals surface area contributed by atoms with Gasteiger partial charge >= 0.3 is 6.03 Å². The van der Waals surface area contributed by atoms with Crippen LogP contribution in [0.2, 0.25) is 0 Å². The summed E-state index contributed by atoms with van der Waals surface area (Å²) in [6, 6.07) is 12.9. The van der Waals surface area contributed by atoms with Crippen LogP contribution in [-0.2, 0) is 6.54 Å². The monoisotopic (exact) mass is 412 g/mol. The highest BCUT2D eigenvalue weighted by atomic mass is 127. The van der Waals surface area contributed by atoms with Crippen molar-refractivity contribution in [1.82, 2.24) is 5.32 Å². The summed E-state index contributed by atoms with van der Waals surface area (Å²) in [7, 11) is 3.16. The van der Waals surface area contributed by atoms with Crippen LogP contribution >= 0.6 is 22.6 Å². The van der Waals surface area contributed by atoms with Gasteiger partial charge < -0.3 is 20.1 Å². The maximum absolute atomic E-state index is 11.9. The number of methoxy groups -OCH3 is 2. The van der Waals surface area contributed by atoms with Gasteiger partial charge in [-0.15, -0.1) is 0 Å². The average Bonchev–Trinajstić information content (AvgIpc) is 2.54. The van der Waals surface area contributed by atoms with Crippen molar-refractivity contribution in [2.24, 2.45) is 0 Å². The van der Waals surface area contributed by atoms with E-state index in [0.717, 1.165) is 14.8 Å². The van der Waals surface area contributed by atoms with Crippen LogP contribution < -0.4 is 20.1 Å². The average molecular weight is 412 g/mol. The third-order valence-electron chi connectivity index (χ3n) is 3.03. The first-order valence-corrected chi connectivity index (χ1v) is 7.72. The van der Waals surface area contributed by atoms with Gasteiger partial charge in [0.1, 0.15) is 0 Å². The lowest BCUT2D eigenvalue weighted by atomic mass is 10.2. The Morgan fingerprint density at radius 2 is 1.82 bits per heavy atom. The van der Waals surface area contributed by atoms with Crippen LogP contribution in [0.3, 0.4) is 0 Å². The molecule has 0 saturated carbocycles. The van der Waals surface area contributed by atoms with Crippen molar-refractivity contribution >= 4 is 34.3 Å². The van der Waals surface area contributed by atoms with Crippen LogP contribution in [0.15, 0.2) is 42.5 Å². The van der Waals surface area contributed by atoms with E-state index in [4.69, 9.17) is 9.47 Å². The summed E-state index contributed by atoms with van der Waals surface area (Å²) in [6.07, 6.45) is 0. The molecular formula is C16H17IN2O3. The Morgan fingerprint density at radius 3 is 2.45 bits per heavy atom. The summed E-state index contributed by atoms with van der Waals surface area (Å²) >= 11 is 2.21. The number of benzene rings is 2. The van der Waals surface area contributed by atoms with Crippen molar-refractivity contribution < 1.29 is 14.3 Å². The molecule has 0 aliphatic rings. The third kappa shape index (κ3) is 4.27. The molecule has 2 amide bonds. The van der Waals surface area contributed by atoms with E-state index in [2.05, 4.69) is 33.2 Å². The maximum atomic E-state index is 11.9. The number of urea groups is 1. The van der Waals surface area contributed by atoms with Crippen molar-refractivity contribution in [3.63, 3.8) is 0 Å². The normalized spacial score (nSPS) is 9.95. The van der Waals surface area contributed by atoms with E-state index in [9.17, 15) is 4.79 Å². The topological polar surface area (TPSA) is 59.6 Å². The molecule has 116 valence electrons. The van der Waals surface area contributed by atoms with Gasteiger partial charge in [0.05, 0.1) is 14.2 Å². The first-order chi connectivity index (χ1) is 10.6. The van der Waals surface area contributed by atoms with Gasteiger partial charge in [-0.2, -0.15) is 0 Å². The van der Waals surface area contributed by atoms with Gasteiger partial charge in [-0.3, -0.25) is 0 Å². The zero-order valence-electron chi connectivity index (χ0n) is 12.4. The molecule has 2 aromatic rings. The summed E-state index contributed by atoms with van der Waals surface area (Å²) < 4.78 is 11.7. The molecule has 2 rings (SSSR count). The van der Waals surface area contributed by atoms with Gasteiger partial charge in [0.25, 0.3) is 0 Å². The highest BCUT2D eigenvalue weighted by molar-refractivity contribution is 14.1. The minimum Gasteiger partial charge on any atom is -0.493 e. The predicted molar refractivity (Wildman–Crippen MR) is 94.6 cm³/mol. The number of rotatable bonds is 5. The van der Waals surface area contributed by atoms with Gasteiger partial charge in [-0.1, -0.05) is 12.1 Å². The van der Waals surface area contributed by atoms with Crippen LogP contribution in [-0.4, -0.2) is 20.3 Å². The van der Waals surface area contributed by atoms with E-state index in [1.54, 1.807) is 14.2 Å². The summed E-state index contributed by atoms with van der Waals surface area (Å²) in [5.74, 6) is 1.26. The van der Waals surface area contributed by atoms with E-state index in [0.29, 0.717) is 18.0 Å². The Morgan fingerprint density at radius 1 is 1.09 bits per heavy atom. The molecule has 0 fully saturated rings. The Kier molecular flexibility index (Phi) is 5.88. The minimum absolute atomic E-state index is 0.272. The van der Waals surface area contributed by atoms with Gasteiger partial charge in [0, 0.05) is 21.4 Å². The molecule has 0 heterocycles. The summed E-state index contributed by atoms with van der Waals surface area (Å²) in [4.78, 5) is 11.9. The first-order valence-electron chi connectivity index (χ1n) is 6.64. The molecule has 0 bridgehead atoms. The highest BCUT2D eigenvalue weighted by Gasteiger charge is 2.10. The Labute approximate surface area is 143 Å². The van der Waals surface area contributed by atoms with Crippen LogP contribution in [0.1, 0.15) is 5.56 Å². The SMILES string of the molecule is COc1cccc(CNC(=O)Nc2ccc(I)cc2)c1OC. The molecule has 0 radical (unpaired) electrons. The molecule has 5 nitrogen and oxygen atoms in total. The molecule has 2 aromatic carbocycles. The van der Waals surface area contributed by atoms with Crippen LogP contribution in [0.4, 0.5) is 10.5 Å². The van der Waals surface area contributed by atoms with Gasteiger partial charge in [-0.05, 0) is 52.9 Å². The van der Waals surface area contributed by atoms with E-state index in [1.807, 2.05) is 42.5 Å². The number of hydrogen-bond donors (Lipinski definition) is 2. The summed E-state index contributed by atoms with van der Waals surface area (Å²) in [5.41, 5.74) is 1.59. The van der Waals surface area contributed by atoms with Crippen LogP contribution in [0.5, 0.6) is 11.5 Å². The van der Waals surface area contributed by atoms with Crippen LogP contribution in [0, 0.1) is 3.57 Å². The zero-order valence-corrected chi connectivity index (χ0v) is 14.5. The maximum Gasteiger partial charge on any atom is 0.319 e. The molecule has 0 aliphatic carbocycles. The van der Waals surface area contributed by atoms with E-state index in [-0.39, 0.29) is 6.03 Å². The van der Waals surface area contributed by atoms with E-state index in [1.165, 1.54) is 0 Å². The number of halogens is 1. The Balaban J connectivity index is 1.98. The van der Waals surface area contributed by atoms with Crippen molar-refractivity contribution in [2.75, 3.05) is 19.5 Å². The van der Waals surface area contributed by atoms with Crippen LogP contribution in [0.25, 0.3) is 0 Å². The third-order valence-corrected chi connectivity index (χ3v) is 3.75. The summed E-state index contributed by atoms with van der Waals surface area (Å²) in [5, 5.41) is 5.58. The smallest absolute Gasteiger partial charge is 0.319 e. The molecule has 0 saturated heterocycles. The lowest BCUT2D eigenvalue weighted by Crippen LogP contribution is -2.28. The molecule has 0 aliphatic heterocycles. The molecule has 0 aromatic heterocycles. The lowest BCUT2D eigenvalue weighted by Gasteiger charge is -2.13. The molecule has 0 unspecified atom stereocenters. The number of para-hydroxylation sites is 1. The van der Waals surface area contributed by atoms with Crippen molar-refractivity contribution in [3.8, 4) is 11.5 Å². The number of amides is 2. The second-order valence-electron chi connectivity index (χ2n) is 4.47. The van der Waals surface area contributed by atoms with Crippen molar-refractivity contribution in [1.29, 1.82) is 0 Å². The number of anilines is 1. The minimum atomic E-state index is -0.272. The van der Waals surface area contributed by atoms with Gasteiger partial charge in [0.15, 0.2) is 11.5 Å². The molecule has 2 N–H and O–H groups in total. The number of nitrogens with one attached hydrogen (secondary N) is 2. The largest absolute Gasteiger partial charge is 0.493 e. The summed E-state index contributed by atoms with van der Waals surface area (Å²) in [6.45, 7) is 0.344. The van der Waals surface area contributed by atoms with E-state index >= 15 is 0 Å². The second kappa shape index (κ2) is 7.88. The van der Waals surface area contributed by atoms with E-state index < -0.39 is 0 Å². The molecule has 22 heavy (non-hydrogen) atoms. The number of hydrogen-bond acceptors (Lipinski definition) is 3. The number of ether oxygens (including phenoxy) is 2. The fourth-order valence-electron chi connectivity index (χ4n) is 1.98. The zero-order chi connectivity index (χ0) is 15.9. The number of carbonyl (C=O) groups is 1. The van der Waals surface area contributed by atoms with Crippen molar-refractivity contribution in [3.05, 3.63) is 51.6 Å². The Bertz CT molecular complexity index is 644. The van der Waals surface area contributed by atoms with Crippen molar-refractivity contribution in [2.45, 2.75) is 6.54 Å². The highest BCUT2D eigenvalue weighted by Crippen LogP contribution is 2.30.